The van der Waals surface area contributed by atoms with Crippen LogP contribution in [0.25, 0.3) is 11.3 Å². The first-order chi connectivity index (χ1) is 9.69. The number of amides is 1. The molecular weight excluding hydrogens is 324 g/mol. The van der Waals surface area contributed by atoms with Crippen LogP contribution < -0.4 is 5.43 Å². The van der Waals surface area contributed by atoms with Gasteiger partial charge in [0.25, 0.3) is 0 Å². The van der Waals surface area contributed by atoms with Gasteiger partial charge in [-0.2, -0.15) is 5.10 Å². The van der Waals surface area contributed by atoms with Crippen molar-refractivity contribution in [1.29, 1.82) is 0 Å². The summed E-state index contributed by atoms with van der Waals surface area (Å²) in [6.07, 6.45) is 0.820. The average molecular weight is 337 g/mol. The third-order valence-corrected chi connectivity index (χ3v) is 2.85. The van der Waals surface area contributed by atoms with Crippen LogP contribution in [0, 0.1) is 0 Å². The fourth-order valence-electron chi connectivity index (χ4n) is 1.53. The highest BCUT2D eigenvalue weighted by molar-refractivity contribution is 9.10. The molecular formula is C14H13BrN2O3. The van der Waals surface area contributed by atoms with Crippen LogP contribution in [0.2, 0.25) is 0 Å². The molecule has 1 heterocycles. The van der Waals surface area contributed by atoms with Crippen LogP contribution in [-0.2, 0) is 4.74 Å². The molecule has 2 rings (SSSR count). The summed E-state index contributed by atoms with van der Waals surface area (Å²) in [6.45, 7) is 2.02. The molecule has 0 radical (unpaired) electrons. The van der Waals surface area contributed by atoms with E-state index < -0.39 is 6.09 Å². The highest BCUT2D eigenvalue weighted by atomic mass is 79.9. The Bertz CT molecular complexity index is 622. The van der Waals surface area contributed by atoms with Crippen LogP contribution in [0.1, 0.15) is 12.7 Å². The number of hydrogen-bond acceptors (Lipinski definition) is 4. The molecule has 0 aliphatic heterocycles. The number of nitrogens with one attached hydrogen (secondary N) is 1. The quantitative estimate of drug-likeness (QED) is 0.682. The summed E-state index contributed by atoms with van der Waals surface area (Å²) in [5, 5.41) is 3.73. The number of rotatable bonds is 4. The van der Waals surface area contributed by atoms with Gasteiger partial charge in [-0.1, -0.05) is 28.1 Å². The molecule has 0 aliphatic carbocycles. The van der Waals surface area contributed by atoms with Gasteiger partial charge in [0.15, 0.2) is 0 Å². The van der Waals surface area contributed by atoms with Crippen molar-refractivity contribution in [3.63, 3.8) is 0 Å². The van der Waals surface area contributed by atoms with Crippen molar-refractivity contribution < 1.29 is 13.9 Å². The van der Waals surface area contributed by atoms with E-state index >= 15 is 0 Å². The molecule has 1 N–H and O–H groups in total. The van der Waals surface area contributed by atoms with Gasteiger partial charge in [0.1, 0.15) is 11.5 Å². The van der Waals surface area contributed by atoms with Gasteiger partial charge in [0, 0.05) is 10.0 Å². The summed E-state index contributed by atoms with van der Waals surface area (Å²) in [4.78, 5) is 11.0. The van der Waals surface area contributed by atoms with Crippen molar-refractivity contribution in [2.45, 2.75) is 6.92 Å². The Kier molecular flexibility index (Phi) is 4.95. The zero-order valence-corrected chi connectivity index (χ0v) is 12.4. The lowest BCUT2D eigenvalue weighted by molar-refractivity contribution is 0.152. The van der Waals surface area contributed by atoms with Gasteiger partial charge in [-0.15, -0.1) is 0 Å². The van der Waals surface area contributed by atoms with Crippen LogP contribution >= 0.6 is 15.9 Å². The molecule has 1 aromatic carbocycles. The third kappa shape index (κ3) is 3.96. The lowest BCUT2D eigenvalue weighted by Crippen LogP contribution is -2.18. The molecule has 0 fully saturated rings. The maximum Gasteiger partial charge on any atom is 0.427 e. The van der Waals surface area contributed by atoms with Gasteiger partial charge in [0.2, 0.25) is 0 Å². The first-order valence-corrected chi connectivity index (χ1v) is 6.80. The number of halogens is 1. The number of benzene rings is 1. The van der Waals surface area contributed by atoms with E-state index in [0.29, 0.717) is 12.4 Å². The Morgan fingerprint density at radius 2 is 2.30 bits per heavy atom. The minimum Gasteiger partial charge on any atom is -0.455 e. The number of furan rings is 1. The summed E-state index contributed by atoms with van der Waals surface area (Å²) in [5.74, 6) is 1.26. The number of hydrogen-bond donors (Lipinski definition) is 1. The zero-order valence-electron chi connectivity index (χ0n) is 10.8. The molecule has 0 spiro atoms. The van der Waals surface area contributed by atoms with E-state index in [2.05, 4.69) is 31.2 Å². The predicted molar refractivity (Wildman–Crippen MR) is 79.6 cm³/mol. The monoisotopic (exact) mass is 336 g/mol. The van der Waals surface area contributed by atoms with Crippen molar-refractivity contribution in [2.75, 3.05) is 6.61 Å². The molecule has 0 saturated carbocycles. The van der Waals surface area contributed by atoms with E-state index in [-0.39, 0.29) is 0 Å². The fourth-order valence-corrected chi connectivity index (χ4v) is 1.93. The van der Waals surface area contributed by atoms with Crippen molar-refractivity contribution >= 4 is 28.2 Å². The number of ether oxygens (including phenoxy) is 1. The van der Waals surface area contributed by atoms with E-state index in [9.17, 15) is 4.79 Å². The summed E-state index contributed by atoms with van der Waals surface area (Å²) >= 11 is 3.41. The average Bonchev–Trinajstić information content (AvgIpc) is 2.88. The number of carbonyl (C=O) groups is 1. The van der Waals surface area contributed by atoms with E-state index in [4.69, 9.17) is 4.42 Å². The Balaban J connectivity index is 2.02. The number of carbonyl (C=O) groups excluding carboxylic acids is 1. The topological polar surface area (TPSA) is 63.8 Å². The first-order valence-electron chi connectivity index (χ1n) is 6.00. The summed E-state index contributed by atoms with van der Waals surface area (Å²) in [7, 11) is 0. The van der Waals surface area contributed by atoms with Crippen molar-refractivity contribution in [3.8, 4) is 11.3 Å². The summed E-state index contributed by atoms with van der Waals surface area (Å²) < 4.78 is 11.2. The molecule has 0 bridgehead atoms. The molecule has 5 nitrogen and oxygen atoms in total. The summed E-state index contributed by atoms with van der Waals surface area (Å²) in [6, 6.07) is 11.4. The predicted octanol–water partition coefficient (Wildman–Crippen LogP) is 3.79. The van der Waals surface area contributed by atoms with Crippen LogP contribution in [0.3, 0.4) is 0 Å². The Morgan fingerprint density at radius 1 is 1.45 bits per heavy atom. The first kappa shape index (κ1) is 14.3. The molecule has 0 unspecified atom stereocenters. The van der Waals surface area contributed by atoms with Gasteiger partial charge in [0.05, 0.1) is 12.8 Å². The van der Waals surface area contributed by atoms with Gasteiger partial charge >= 0.3 is 6.09 Å². The highest BCUT2D eigenvalue weighted by Gasteiger charge is 2.04. The Hall–Kier alpha value is -2.08. The van der Waals surface area contributed by atoms with Gasteiger partial charge in [-0.05, 0) is 31.2 Å². The third-order valence-electron chi connectivity index (χ3n) is 2.36. The zero-order chi connectivity index (χ0) is 14.4. The lowest BCUT2D eigenvalue weighted by atomic mass is 10.2. The smallest absolute Gasteiger partial charge is 0.427 e. The van der Waals surface area contributed by atoms with Crippen LogP contribution in [0.5, 0.6) is 0 Å². The molecule has 1 amide bonds. The molecule has 0 aliphatic rings. The number of hydrazone groups is 1. The van der Waals surface area contributed by atoms with Gasteiger partial charge in [-0.25, -0.2) is 10.2 Å². The van der Waals surface area contributed by atoms with Crippen LogP contribution in [-0.4, -0.2) is 18.9 Å². The second kappa shape index (κ2) is 6.91. The minimum absolute atomic E-state index is 0.301. The van der Waals surface area contributed by atoms with Crippen molar-refractivity contribution in [1.82, 2.24) is 5.43 Å². The van der Waals surface area contributed by atoms with Gasteiger partial charge < -0.3 is 9.15 Å². The molecule has 6 heteroatoms. The minimum atomic E-state index is -0.595. The largest absolute Gasteiger partial charge is 0.455 e. The second-order valence-corrected chi connectivity index (χ2v) is 4.72. The van der Waals surface area contributed by atoms with E-state index in [1.165, 1.54) is 6.21 Å². The maximum atomic E-state index is 11.0. The molecule has 104 valence electrons. The standard InChI is InChI=1S/C14H13BrN2O3/c1-2-19-14(18)17-16-9-12-6-7-13(20-12)10-4-3-5-11(15)8-10/h3-9H,2H2,1H3,(H,17,18)/b16-9-. The van der Waals surface area contributed by atoms with Crippen LogP contribution in [0.4, 0.5) is 4.79 Å². The Labute approximate surface area is 124 Å². The fraction of sp³-hybridized carbons (Fsp3) is 0.143. The highest BCUT2D eigenvalue weighted by Crippen LogP contribution is 2.24. The number of nitrogens with zero attached hydrogens (tertiary/aromatic N) is 1. The van der Waals surface area contributed by atoms with Crippen molar-refractivity contribution in [3.05, 3.63) is 46.6 Å². The van der Waals surface area contributed by atoms with E-state index in [1.54, 1.807) is 13.0 Å². The normalized spacial score (nSPS) is 10.7. The molecule has 20 heavy (non-hydrogen) atoms. The van der Waals surface area contributed by atoms with Crippen molar-refractivity contribution in [2.24, 2.45) is 5.10 Å². The molecule has 0 atom stereocenters. The second-order valence-electron chi connectivity index (χ2n) is 3.80. The maximum absolute atomic E-state index is 11.0. The Morgan fingerprint density at radius 3 is 3.05 bits per heavy atom. The molecule has 1 aromatic heterocycles. The SMILES string of the molecule is CCOC(=O)N/N=C\c1ccc(-c2cccc(Br)c2)o1. The lowest BCUT2D eigenvalue weighted by Gasteiger charge is -1.98. The van der Waals surface area contributed by atoms with E-state index in [1.807, 2.05) is 30.3 Å². The summed E-state index contributed by atoms with van der Waals surface area (Å²) in [5.41, 5.74) is 3.19. The van der Waals surface area contributed by atoms with Gasteiger partial charge in [-0.3, -0.25) is 0 Å². The molecule has 0 saturated heterocycles. The van der Waals surface area contributed by atoms with Crippen LogP contribution in [0.15, 0.2) is 50.4 Å². The van der Waals surface area contributed by atoms with E-state index in [0.717, 1.165) is 15.8 Å². The molecule has 2 aromatic rings.